The van der Waals surface area contributed by atoms with E-state index in [0.29, 0.717) is 0 Å². The first kappa shape index (κ1) is 16.7. The zero-order valence-electron chi connectivity index (χ0n) is 10.4. The van der Waals surface area contributed by atoms with Gasteiger partial charge in [-0.1, -0.05) is 0 Å². The molecule has 0 unspecified atom stereocenters. The van der Waals surface area contributed by atoms with Crippen LogP contribution in [0.25, 0.3) is 0 Å². The Morgan fingerprint density at radius 3 is 2.25 bits per heavy atom. The Bertz CT molecular complexity index is 297. The molecule has 3 radical (unpaired) electrons. The molecular formula is C14H22ISn. The number of unbranched alkanes of at least 4 members (excludes halogenated alkanes) is 2. The monoisotopic (exact) mass is 437 g/mol. The molecule has 1 rings (SSSR count). The van der Waals surface area contributed by atoms with Gasteiger partial charge >= 0.3 is 108 Å². The summed E-state index contributed by atoms with van der Waals surface area (Å²) >= 11 is 1.57. The van der Waals surface area contributed by atoms with Crippen molar-refractivity contribution in [2.75, 3.05) is 0 Å². The molecule has 0 aromatic heterocycles. The standard InChI is InChI=1S/C14H21.HI.Sn/c1-3-5-9-13-11-7-8-12-14(13)10-6-4-2;;/h7-8,11H,3-6,9-10H2,1-2H3;1H;. The first-order valence-corrected chi connectivity index (χ1v) is 7.54. The maximum absolute atomic E-state index is 2.33. The van der Waals surface area contributed by atoms with Gasteiger partial charge in [-0.15, -0.1) is 24.0 Å². The van der Waals surface area contributed by atoms with E-state index in [-0.39, 0.29) is 24.0 Å². The number of hydrogen-bond acceptors (Lipinski definition) is 0. The molecule has 0 saturated carbocycles. The topological polar surface area (TPSA) is 0 Å². The molecule has 0 saturated heterocycles. The van der Waals surface area contributed by atoms with Crippen molar-refractivity contribution in [2.24, 2.45) is 0 Å². The van der Waals surface area contributed by atoms with Crippen LogP contribution in [0.15, 0.2) is 18.2 Å². The second-order valence-electron chi connectivity index (χ2n) is 4.15. The number of rotatable bonds is 6. The summed E-state index contributed by atoms with van der Waals surface area (Å²) in [6, 6.07) is 6.84. The average molecular weight is 436 g/mol. The van der Waals surface area contributed by atoms with E-state index < -0.39 is 0 Å². The molecule has 16 heavy (non-hydrogen) atoms. The van der Waals surface area contributed by atoms with Crippen molar-refractivity contribution < 1.29 is 0 Å². The molecule has 0 N–H and O–H groups in total. The summed E-state index contributed by atoms with van der Waals surface area (Å²) in [4.78, 5) is 0. The summed E-state index contributed by atoms with van der Waals surface area (Å²) < 4.78 is 1.57. The van der Waals surface area contributed by atoms with Gasteiger partial charge in [0.15, 0.2) is 0 Å². The maximum Gasteiger partial charge on any atom is -0.107 e. The normalized spacial score (nSPS) is 9.94. The van der Waals surface area contributed by atoms with E-state index in [1.807, 2.05) is 0 Å². The smallest absolute Gasteiger partial charge is 0.107 e. The predicted molar refractivity (Wildman–Crippen MR) is 84.5 cm³/mol. The fourth-order valence-corrected chi connectivity index (χ4v) is 2.97. The van der Waals surface area contributed by atoms with E-state index in [1.54, 1.807) is 37.2 Å². The first-order valence-electron chi connectivity index (χ1n) is 6.12. The molecule has 0 aliphatic rings. The summed E-state index contributed by atoms with van der Waals surface area (Å²) in [7, 11) is 0. The summed E-state index contributed by atoms with van der Waals surface area (Å²) in [5.41, 5.74) is 3.27. The fraction of sp³-hybridized carbons (Fsp3) is 0.571. The Balaban J connectivity index is 0.00000225. The van der Waals surface area contributed by atoms with Crippen LogP contribution >= 0.6 is 24.0 Å². The van der Waals surface area contributed by atoms with E-state index in [9.17, 15) is 0 Å². The molecule has 2 heteroatoms. The molecular weight excluding hydrogens is 414 g/mol. The Kier molecular flexibility index (Phi) is 10.2. The van der Waals surface area contributed by atoms with Gasteiger partial charge in [-0.25, -0.2) is 0 Å². The van der Waals surface area contributed by atoms with Gasteiger partial charge in [-0.2, -0.15) is 0 Å². The van der Waals surface area contributed by atoms with Gasteiger partial charge in [0.25, 0.3) is 0 Å². The van der Waals surface area contributed by atoms with Gasteiger partial charge in [0.2, 0.25) is 0 Å². The van der Waals surface area contributed by atoms with Crippen molar-refractivity contribution in [3.63, 3.8) is 0 Å². The van der Waals surface area contributed by atoms with E-state index in [2.05, 4.69) is 32.0 Å². The zero-order chi connectivity index (χ0) is 11.1. The van der Waals surface area contributed by atoms with Crippen LogP contribution in [0.2, 0.25) is 0 Å². The molecule has 0 heterocycles. The molecule has 1 aromatic rings. The van der Waals surface area contributed by atoms with E-state index in [4.69, 9.17) is 0 Å². The van der Waals surface area contributed by atoms with Crippen molar-refractivity contribution >= 4 is 50.1 Å². The Labute approximate surface area is 131 Å². The van der Waals surface area contributed by atoms with E-state index >= 15 is 0 Å². The third kappa shape index (κ3) is 5.39. The summed E-state index contributed by atoms with van der Waals surface area (Å²) in [5, 5.41) is 0. The van der Waals surface area contributed by atoms with Gasteiger partial charge in [0.05, 0.1) is 0 Å². The van der Waals surface area contributed by atoms with Crippen LogP contribution in [-0.2, 0) is 12.8 Å². The zero-order valence-corrected chi connectivity index (χ0v) is 15.6. The molecule has 0 fully saturated rings. The molecule has 0 nitrogen and oxygen atoms in total. The van der Waals surface area contributed by atoms with Crippen LogP contribution < -0.4 is 3.58 Å². The predicted octanol–water partition coefficient (Wildman–Crippen LogP) is 3.78. The third-order valence-electron chi connectivity index (χ3n) is 2.85. The van der Waals surface area contributed by atoms with Crippen molar-refractivity contribution in [1.29, 1.82) is 0 Å². The van der Waals surface area contributed by atoms with Crippen LogP contribution in [0.1, 0.15) is 50.7 Å². The summed E-state index contributed by atoms with van der Waals surface area (Å²) in [6.07, 6.45) is 7.84. The van der Waals surface area contributed by atoms with Crippen molar-refractivity contribution in [2.45, 2.75) is 52.4 Å². The Morgan fingerprint density at radius 1 is 1.00 bits per heavy atom. The van der Waals surface area contributed by atoms with Gasteiger partial charge < -0.3 is 0 Å². The third-order valence-corrected chi connectivity index (χ3v) is 4.19. The molecule has 1 aromatic carbocycles. The largest absolute Gasteiger partial charge is 0.107 e. The van der Waals surface area contributed by atoms with Gasteiger partial charge in [-0.05, 0) is 0 Å². The minimum absolute atomic E-state index is 0. The molecule has 0 atom stereocenters. The Morgan fingerprint density at radius 2 is 1.62 bits per heavy atom. The quantitative estimate of drug-likeness (QED) is 0.471. The maximum atomic E-state index is 2.33. The number of benzene rings is 1. The van der Waals surface area contributed by atoms with Crippen molar-refractivity contribution in [3.05, 3.63) is 29.3 Å². The first-order chi connectivity index (χ1) is 7.29. The second-order valence-corrected chi connectivity index (χ2v) is 5.69. The molecule has 0 amide bonds. The molecule has 0 bridgehead atoms. The minimum atomic E-state index is 0. The number of hydrogen-bond donors (Lipinski definition) is 0. The summed E-state index contributed by atoms with van der Waals surface area (Å²) in [6.45, 7) is 4.55. The summed E-state index contributed by atoms with van der Waals surface area (Å²) in [5.74, 6) is 0. The van der Waals surface area contributed by atoms with Crippen LogP contribution in [0.4, 0.5) is 0 Å². The van der Waals surface area contributed by atoms with Crippen LogP contribution in [-0.4, -0.2) is 22.5 Å². The molecule has 89 valence electrons. The van der Waals surface area contributed by atoms with Gasteiger partial charge in [0.1, 0.15) is 0 Å². The fourth-order valence-electron chi connectivity index (χ4n) is 1.88. The van der Waals surface area contributed by atoms with Crippen LogP contribution in [0.3, 0.4) is 0 Å². The SMILES string of the molecule is CCCCc1ccc[c]([Sn])c1CCCC.I. The minimum Gasteiger partial charge on any atom is -0.107 e. The van der Waals surface area contributed by atoms with E-state index in [0.717, 1.165) is 0 Å². The molecule has 0 aliphatic heterocycles. The van der Waals surface area contributed by atoms with Crippen molar-refractivity contribution in [1.82, 2.24) is 0 Å². The number of aryl methyl sites for hydroxylation is 1. The van der Waals surface area contributed by atoms with Crippen LogP contribution in [0.5, 0.6) is 0 Å². The van der Waals surface area contributed by atoms with Gasteiger partial charge in [-0.3, -0.25) is 0 Å². The second kappa shape index (κ2) is 9.75. The van der Waals surface area contributed by atoms with E-state index in [1.165, 1.54) is 38.5 Å². The Hall–Kier alpha value is 0.749. The molecule has 0 spiro atoms. The van der Waals surface area contributed by atoms with Crippen molar-refractivity contribution in [3.8, 4) is 0 Å². The van der Waals surface area contributed by atoms with Crippen LogP contribution in [0, 0.1) is 0 Å². The average Bonchev–Trinajstić information content (AvgIpc) is 2.25. The molecule has 0 aliphatic carbocycles. The van der Waals surface area contributed by atoms with Gasteiger partial charge in [0, 0.05) is 0 Å². The number of halogens is 1.